The molecule has 0 N–H and O–H groups in total. The van der Waals surface area contributed by atoms with Crippen LogP contribution in [0.15, 0.2) is 0 Å². The zero-order valence-corrected chi connectivity index (χ0v) is 20.4. The topological polar surface area (TPSA) is 3.24 Å². The van der Waals surface area contributed by atoms with E-state index >= 15 is 0 Å². The third-order valence-corrected chi connectivity index (χ3v) is 20.3. The van der Waals surface area contributed by atoms with E-state index in [1.54, 1.807) is 17.9 Å². The zero-order chi connectivity index (χ0) is 17.7. The van der Waals surface area contributed by atoms with Crippen molar-refractivity contribution < 1.29 is 0 Å². The molecular weight excluding hydrogens is 385 g/mol. The van der Waals surface area contributed by atoms with Crippen molar-refractivity contribution in [2.24, 2.45) is 11.8 Å². The van der Waals surface area contributed by atoms with Crippen molar-refractivity contribution in [2.45, 2.75) is 100 Å². The van der Waals surface area contributed by atoms with Crippen molar-refractivity contribution in [1.82, 2.24) is 4.90 Å². The van der Waals surface area contributed by atoms with Gasteiger partial charge in [-0.05, 0) is 0 Å². The molecule has 2 heteroatoms. The first-order chi connectivity index (χ1) is 10.9. The number of nitrogens with zero attached hydrogens (tertiary/aromatic N) is 1. The van der Waals surface area contributed by atoms with Gasteiger partial charge in [0.1, 0.15) is 0 Å². The molecule has 1 nitrogen and oxygen atoms in total. The molecule has 0 radical (unpaired) electrons. The molecule has 0 saturated heterocycles. The SMILES string of the molecule is CCC[CH2][Sn]([CH2]CCC)([CH2]CCC)[CH2]N(CC(C)C)CC(C)C. The van der Waals surface area contributed by atoms with Crippen LogP contribution in [0.3, 0.4) is 0 Å². The van der Waals surface area contributed by atoms with E-state index in [4.69, 9.17) is 0 Å². The van der Waals surface area contributed by atoms with Crippen LogP contribution in [0.2, 0.25) is 13.3 Å². The molecule has 0 aliphatic carbocycles. The van der Waals surface area contributed by atoms with E-state index in [2.05, 4.69) is 53.4 Å². The molecule has 0 rings (SSSR count). The normalized spacial score (nSPS) is 12.8. The third-order valence-electron chi connectivity index (χ3n) is 4.99. The van der Waals surface area contributed by atoms with Gasteiger partial charge in [-0.3, -0.25) is 0 Å². The fourth-order valence-corrected chi connectivity index (χ4v) is 20.4. The number of unbranched alkanes of at least 4 members (excludes halogenated alkanes) is 3. The zero-order valence-electron chi connectivity index (χ0n) is 17.6. The predicted molar refractivity (Wildman–Crippen MR) is 111 cm³/mol. The summed E-state index contributed by atoms with van der Waals surface area (Å²) in [6.07, 6.45) is 8.68. The van der Waals surface area contributed by atoms with Gasteiger partial charge in [-0.15, -0.1) is 0 Å². The van der Waals surface area contributed by atoms with Crippen LogP contribution in [0.5, 0.6) is 0 Å². The summed E-state index contributed by atoms with van der Waals surface area (Å²) in [6, 6.07) is 0. The maximum absolute atomic E-state index is 2.90. The molecule has 0 spiro atoms. The average molecular weight is 432 g/mol. The Balaban J connectivity index is 5.11. The predicted octanol–water partition coefficient (Wildman–Crippen LogP) is 6.99. The summed E-state index contributed by atoms with van der Waals surface area (Å²) < 4.78 is 6.50. The van der Waals surface area contributed by atoms with Gasteiger partial charge >= 0.3 is 153 Å². The molecule has 0 unspecified atom stereocenters. The van der Waals surface area contributed by atoms with Crippen molar-refractivity contribution in [3.63, 3.8) is 0 Å². The average Bonchev–Trinajstić information content (AvgIpc) is 2.47. The first-order valence-electron chi connectivity index (χ1n) is 10.6. The van der Waals surface area contributed by atoms with E-state index in [1.807, 2.05) is 0 Å². The monoisotopic (exact) mass is 433 g/mol. The van der Waals surface area contributed by atoms with Crippen molar-refractivity contribution in [3.05, 3.63) is 0 Å². The minimum atomic E-state index is -2.00. The Bertz CT molecular complexity index is 231. The van der Waals surface area contributed by atoms with Crippen molar-refractivity contribution in [2.75, 3.05) is 17.7 Å². The molecule has 0 heterocycles. The molecule has 0 aliphatic rings. The van der Waals surface area contributed by atoms with Gasteiger partial charge in [0.15, 0.2) is 0 Å². The van der Waals surface area contributed by atoms with Gasteiger partial charge in [0, 0.05) is 0 Å². The van der Waals surface area contributed by atoms with Crippen molar-refractivity contribution in [3.8, 4) is 0 Å². The summed E-state index contributed by atoms with van der Waals surface area (Å²) in [5.41, 5.74) is 0. The number of hydrogen-bond donors (Lipinski definition) is 0. The van der Waals surface area contributed by atoms with Gasteiger partial charge in [0.25, 0.3) is 0 Å². The van der Waals surface area contributed by atoms with Gasteiger partial charge in [0.05, 0.1) is 0 Å². The second kappa shape index (κ2) is 14.0. The van der Waals surface area contributed by atoms with E-state index in [0.717, 1.165) is 11.8 Å². The van der Waals surface area contributed by atoms with Crippen LogP contribution in [0.25, 0.3) is 0 Å². The van der Waals surface area contributed by atoms with E-state index in [9.17, 15) is 0 Å². The molecule has 0 aromatic heterocycles. The molecule has 0 fully saturated rings. The third kappa shape index (κ3) is 11.9. The Kier molecular flexibility index (Phi) is 14.4. The van der Waals surface area contributed by atoms with Crippen LogP contribution in [0.1, 0.15) is 87.0 Å². The molecule has 0 saturated carbocycles. The summed E-state index contributed by atoms with van der Waals surface area (Å²) in [5, 5.41) is 0. The Morgan fingerprint density at radius 1 is 0.652 bits per heavy atom. The fourth-order valence-electron chi connectivity index (χ4n) is 3.98. The van der Waals surface area contributed by atoms with Gasteiger partial charge in [-0.2, -0.15) is 0 Å². The van der Waals surface area contributed by atoms with Crippen LogP contribution in [-0.4, -0.2) is 40.9 Å². The molecule has 0 aliphatic heterocycles. The summed E-state index contributed by atoms with van der Waals surface area (Å²) in [5.74, 6) is 1.61. The first-order valence-corrected chi connectivity index (χ1v) is 18.7. The molecule has 0 aromatic carbocycles. The molecule has 140 valence electrons. The summed E-state index contributed by atoms with van der Waals surface area (Å²) in [6.45, 7) is 19.4. The van der Waals surface area contributed by atoms with Crippen LogP contribution in [0.4, 0.5) is 0 Å². The molecule has 0 atom stereocenters. The second-order valence-electron chi connectivity index (χ2n) is 8.79. The summed E-state index contributed by atoms with van der Waals surface area (Å²) in [7, 11) is 0. The van der Waals surface area contributed by atoms with Gasteiger partial charge < -0.3 is 0 Å². The molecule has 0 bridgehead atoms. The van der Waals surface area contributed by atoms with Crippen molar-refractivity contribution in [1.29, 1.82) is 0 Å². The molecule has 0 aromatic rings. The van der Waals surface area contributed by atoms with Crippen LogP contribution in [-0.2, 0) is 0 Å². The van der Waals surface area contributed by atoms with Gasteiger partial charge in [-0.1, -0.05) is 0 Å². The number of hydrogen-bond acceptors (Lipinski definition) is 1. The Labute approximate surface area is 152 Å². The molecule has 23 heavy (non-hydrogen) atoms. The number of rotatable bonds is 15. The van der Waals surface area contributed by atoms with E-state index < -0.39 is 18.4 Å². The van der Waals surface area contributed by atoms with Gasteiger partial charge in [-0.25, -0.2) is 0 Å². The Hall–Kier alpha value is 0.759. The standard InChI is InChI=1S/C9H20N.3C4H9.Sn/c1-8(2)6-10(5)7-9(3)4;3*1-3-4-2;/h8-9H,5-7H2,1-4H3;3*1,3-4H2,2H3;. The van der Waals surface area contributed by atoms with Crippen LogP contribution >= 0.6 is 0 Å². The van der Waals surface area contributed by atoms with E-state index in [1.165, 1.54) is 51.6 Å². The first kappa shape index (κ1) is 23.8. The fraction of sp³-hybridized carbons (Fsp3) is 1.00. The van der Waals surface area contributed by atoms with Crippen molar-refractivity contribution >= 4 is 18.4 Å². The van der Waals surface area contributed by atoms with E-state index in [0.29, 0.717) is 0 Å². The second-order valence-corrected chi connectivity index (χ2v) is 22.5. The maximum atomic E-state index is 2.90. The minimum absolute atomic E-state index is 0.807. The van der Waals surface area contributed by atoms with Gasteiger partial charge in [0.2, 0.25) is 0 Å². The summed E-state index contributed by atoms with van der Waals surface area (Å²) in [4.78, 5) is 2.90. The van der Waals surface area contributed by atoms with Crippen LogP contribution < -0.4 is 0 Å². The molecule has 0 amide bonds. The van der Waals surface area contributed by atoms with Crippen LogP contribution in [0, 0.1) is 11.8 Å². The van der Waals surface area contributed by atoms with E-state index in [-0.39, 0.29) is 0 Å². The Morgan fingerprint density at radius 3 is 1.26 bits per heavy atom. The Morgan fingerprint density at radius 2 is 1.00 bits per heavy atom. The molecular formula is C21H47NSn. The summed E-state index contributed by atoms with van der Waals surface area (Å²) >= 11 is -2.00. The quantitative estimate of drug-likeness (QED) is 0.252.